The van der Waals surface area contributed by atoms with Crippen LogP contribution in [0.3, 0.4) is 0 Å². The Morgan fingerprint density at radius 1 is 1.00 bits per heavy atom. The summed E-state index contributed by atoms with van der Waals surface area (Å²) >= 11 is 0. The fourth-order valence-corrected chi connectivity index (χ4v) is 2.29. The van der Waals surface area contributed by atoms with Gasteiger partial charge in [0.1, 0.15) is 0 Å². The molecule has 0 aliphatic carbocycles. The fourth-order valence-electron chi connectivity index (χ4n) is 2.29. The zero-order chi connectivity index (χ0) is 18.2. The van der Waals surface area contributed by atoms with Gasteiger partial charge < -0.3 is 19.5 Å². The van der Waals surface area contributed by atoms with Crippen molar-refractivity contribution in [2.75, 3.05) is 20.8 Å². The first kappa shape index (κ1) is 18.3. The summed E-state index contributed by atoms with van der Waals surface area (Å²) in [6.07, 6.45) is 0. The van der Waals surface area contributed by atoms with E-state index in [4.69, 9.17) is 14.2 Å². The quantitative estimate of drug-likeness (QED) is 0.783. The maximum atomic E-state index is 12.1. The van der Waals surface area contributed by atoms with E-state index in [9.17, 15) is 9.59 Å². The monoisotopic (exact) mass is 343 g/mol. The minimum absolute atomic E-state index is 0.173. The van der Waals surface area contributed by atoms with E-state index in [2.05, 4.69) is 5.32 Å². The molecule has 0 radical (unpaired) electrons. The van der Waals surface area contributed by atoms with Crippen molar-refractivity contribution in [3.63, 3.8) is 0 Å². The van der Waals surface area contributed by atoms with Crippen molar-refractivity contribution < 1.29 is 23.8 Å². The van der Waals surface area contributed by atoms with Crippen molar-refractivity contribution in [1.29, 1.82) is 0 Å². The number of methoxy groups -OCH3 is 2. The predicted molar refractivity (Wildman–Crippen MR) is 92.8 cm³/mol. The normalized spacial score (nSPS) is 11.3. The average Bonchev–Trinajstić information content (AvgIpc) is 2.66. The standard InChI is InChI=1S/C19H21NO5/c1-13(14-7-5-4-6-8-14)20-18(21)12-25-19(22)15-9-10-16(23-2)17(11-15)24-3/h4-11,13H,12H2,1-3H3,(H,20,21)/t13-/m1/s1. The number of rotatable bonds is 7. The molecule has 2 rings (SSSR count). The van der Waals surface area contributed by atoms with E-state index in [0.717, 1.165) is 5.56 Å². The zero-order valence-electron chi connectivity index (χ0n) is 14.4. The van der Waals surface area contributed by atoms with Crippen molar-refractivity contribution in [3.05, 3.63) is 59.7 Å². The molecule has 0 saturated carbocycles. The highest BCUT2D eigenvalue weighted by Gasteiger charge is 2.15. The Balaban J connectivity index is 1.90. The Morgan fingerprint density at radius 2 is 1.68 bits per heavy atom. The third kappa shape index (κ3) is 4.97. The third-order valence-electron chi connectivity index (χ3n) is 3.63. The van der Waals surface area contributed by atoms with Crippen LogP contribution in [0.15, 0.2) is 48.5 Å². The van der Waals surface area contributed by atoms with Gasteiger partial charge in [0.25, 0.3) is 5.91 Å². The molecule has 6 heteroatoms. The van der Waals surface area contributed by atoms with Gasteiger partial charge in [-0.15, -0.1) is 0 Å². The van der Waals surface area contributed by atoms with Crippen molar-refractivity contribution >= 4 is 11.9 Å². The number of hydrogen-bond acceptors (Lipinski definition) is 5. The molecular weight excluding hydrogens is 322 g/mol. The molecule has 0 saturated heterocycles. The molecule has 0 fully saturated rings. The van der Waals surface area contributed by atoms with Crippen LogP contribution in [0.2, 0.25) is 0 Å². The lowest BCUT2D eigenvalue weighted by Crippen LogP contribution is -2.31. The van der Waals surface area contributed by atoms with Crippen LogP contribution in [0.1, 0.15) is 28.9 Å². The molecule has 0 heterocycles. The van der Waals surface area contributed by atoms with Gasteiger partial charge in [-0.05, 0) is 30.7 Å². The van der Waals surface area contributed by atoms with Crippen LogP contribution in [0.5, 0.6) is 11.5 Å². The average molecular weight is 343 g/mol. The van der Waals surface area contributed by atoms with Gasteiger partial charge in [-0.2, -0.15) is 0 Å². The van der Waals surface area contributed by atoms with Gasteiger partial charge in [-0.1, -0.05) is 30.3 Å². The van der Waals surface area contributed by atoms with Crippen LogP contribution in [0.4, 0.5) is 0 Å². The first-order chi connectivity index (χ1) is 12.0. The summed E-state index contributed by atoms with van der Waals surface area (Å²) in [5.41, 5.74) is 1.25. The van der Waals surface area contributed by atoms with E-state index in [1.165, 1.54) is 20.3 Å². The van der Waals surface area contributed by atoms with E-state index in [1.54, 1.807) is 12.1 Å². The van der Waals surface area contributed by atoms with Crippen molar-refractivity contribution in [2.24, 2.45) is 0 Å². The van der Waals surface area contributed by atoms with Crippen LogP contribution in [-0.2, 0) is 9.53 Å². The molecule has 1 amide bonds. The van der Waals surface area contributed by atoms with Gasteiger partial charge in [0.15, 0.2) is 18.1 Å². The molecule has 0 unspecified atom stereocenters. The maximum Gasteiger partial charge on any atom is 0.338 e. The summed E-state index contributed by atoms with van der Waals surface area (Å²) < 4.78 is 15.3. The molecule has 0 aliphatic heterocycles. The topological polar surface area (TPSA) is 73.9 Å². The molecule has 0 bridgehead atoms. The van der Waals surface area contributed by atoms with Crippen molar-refractivity contribution in [3.8, 4) is 11.5 Å². The number of ether oxygens (including phenoxy) is 3. The van der Waals surface area contributed by atoms with Gasteiger partial charge in [-0.3, -0.25) is 4.79 Å². The first-order valence-electron chi connectivity index (χ1n) is 7.78. The van der Waals surface area contributed by atoms with Crippen LogP contribution < -0.4 is 14.8 Å². The van der Waals surface area contributed by atoms with Gasteiger partial charge in [0.2, 0.25) is 0 Å². The smallest absolute Gasteiger partial charge is 0.338 e. The summed E-state index contributed by atoms with van der Waals surface area (Å²) in [6.45, 7) is 1.51. The molecular formula is C19H21NO5. The second-order valence-electron chi connectivity index (χ2n) is 5.35. The number of carbonyl (C=O) groups is 2. The Labute approximate surface area is 146 Å². The number of hydrogen-bond donors (Lipinski definition) is 1. The van der Waals surface area contributed by atoms with Crippen LogP contribution in [0.25, 0.3) is 0 Å². The molecule has 132 valence electrons. The highest BCUT2D eigenvalue weighted by Crippen LogP contribution is 2.27. The zero-order valence-corrected chi connectivity index (χ0v) is 14.4. The number of carbonyl (C=O) groups excluding carboxylic acids is 2. The van der Waals surface area contributed by atoms with Crippen molar-refractivity contribution in [2.45, 2.75) is 13.0 Å². The van der Waals surface area contributed by atoms with Crippen LogP contribution in [0, 0.1) is 0 Å². The number of benzene rings is 2. The molecule has 6 nitrogen and oxygen atoms in total. The summed E-state index contributed by atoms with van der Waals surface area (Å²) in [5.74, 6) is -0.0544. The summed E-state index contributed by atoms with van der Waals surface area (Å²) in [4.78, 5) is 24.0. The fraction of sp³-hybridized carbons (Fsp3) is 0.263. The molecule has 0 aliphatic rings. The second kappa shape index (κ2) is 8.73. The Kier molecular flexibility index (Phi) is 6.39. The van der Waals surface area contributed by atoms with Gasteiger partial charge >= 0.3 is 5.97 Å². The lowest BCUT2D eigenvalue weighted by Gasteiger charge is -2.14. The summed E-state index contributed by atoms with van der Waals surface area (Å²) in [7, 11) is 2.99. The van der Waals surface area contributed by atoms with E-state index >= 15 is 0 Å². The van der Waals surface area contributed by atoms with Gasteiger partial charge in [-0.25, -0.2) is 4.79 Å². The first-order valence-corrected chi connectivity index (χ1v) is 7.78. The largest absolute Gasteiger partial charge is 0.493 e. The lowest BCUT2D eigenvalue weighted by molar-refractivity contribution is -0.124. The maximum absolute atomic E-state index is 12.1. The molecule has 2 aromatic carbocycles. The molecule has 1 N–H and O–H groups in total. The van der Waals surface area contributed by atoms with E-state index < -0.39 is 5.97 Å². The van der Waals surface area contributed by atoms with Crippen LogP contribution >= 0.6 is 0 Å². The summed E-state index contributed by atoms with van der Waals surface area (Å²) in [6, 6.07) is 14.0. The Morgan fingerprint density at radius 3 is 2.32 bits per heavy atom. The number of amides is 1. The van der Waals surface area contributed by atoms with E-state index in [-0.39, 0.29) is 24.1 Å². The second-order valence-corrected chi connectivity index (χ2v) is 5.35. The Bertz CT molecular complexity index is 730. The molecule has 1 atom stereocenters. The minimum atomic E-state index is -0.608. The van der Waals surface area contributed by atoms with E-state index in [1.807, 2.05) is 37.3 Å². The minimum Gasteiger partial charge on any atom is -0.493 e. The third-order valence-corrected chi connectivity index (χ3v) is 3.63. The molecule has 0 aromatic heterocycles. The van der Waals surface area contributed by atoms with Crippen molar-refractivity contribution in [1.82, 2.24) is 5.32 Å². The highest BCUT2D eigenvalue weighted by molar-refractivity contribution is 5.92. The SMILES string of the molecule is COc1ccc(C(=O)OCC(=O)N[C@H](C)c2ccccc2)cc1OC. The van der Waals surface area contributed by atoms with Crippen LogP contribution in [-0.4, -0.2) is 32.7 Å². The highest BCUT2D eigenvalue weighted by atomic mass is 16.5. The predicted octanol–water partition coefficient (Wildman–Crippen LogP) is 2.74. The van der Waals surface area contributed by atoms with Gasteiger partial charge in [0, 0.05) is 0 Å². The Hall–Kier alpha value is -3.02. The molecule has 2 aromatic rings. The lowest BCUT2D eigenvalue weighted by atomic mass is 10.1. The van der Waals surface area contributed by atoms with E-state index in [0.29, 0.717) is 11.5 Å². The number of nitrogens with one attached hydrogen (secondary N) is 1. The molecule has 0 spiro atoms. The number of esters is 1. The molecule has 25 heavy (non-hydrogen) atoms. The summed E-state index contributed by atoms with van der Waals surface area (Å²) in [5, 5.41) is 2.78. The van der Waals surface area contributed by atoms with Gasteiger partial charge in [0.05, 0.1) is 25.8 Å².